The van der Waals surface area contributed by atoms with Gasteiger partial charge in [-0.2, -0.15) is 5.10 Å². The fourth-order valence-electron chi connectivity index (χ4n) is 2.17. The molecule has 1 fully saturated rings. The molecule has 8 heteroatoms. The Hall–Kier alpha value is -0.960. The van der Waals surface area contributed by atoms with Crippen LogP contribution in [0.4, 0.5) is 0 Å². The maximum Gasteiger partial charge on any atom is 0.260 e. The zero-order valence-corrected chi connectivity index (χ0v) is 12.6. The molecule has 0 bridgehead atoms. The van der Waals surface area contributed by atoms with E-state index in [9.17, 15) is 13.5 Å². The Morgan fingerprint density at radius 1 is 1.50 bits per heavy atom. The highest BCUT2D eigenvalue weighted by molar-refractivity contribution is 7.89. The first kappa shape index (κ1) is 15.4. The standard InChI is InChI=1S/C12H21N3O4S/c1-9-10(7-16)11(15-14-9)20(17,18)13-8-12(3-4-12)5-6-19-2/h13,16H,3-8H2,1-2H3,(H,14,15). The number of H-pyrrole nitrogens is 1. The number of aromatic nitrogens is 2. The van der Waals surface area contributed by atoms with Gasteiger partial charge in [-0.1, -0.05) is 0 Å². The summed E-state index contributed by atoms with van der Waals surface area (Å²) >= 11 is 0. The highest BCUT2D eigenvalue weighted by atomic mass is 32.2. The van der Waals surface area contributed by atoms with E-state index >= 15 is 0 Å². The summed E-state index contributed by atoms with van der Waals surface area (Å²) in [5.41, 5.74) is 0.904. The van der Waals surface area contributed by atoms with Gasteiger partial charge in [0.15, 0.2) is 5.03 Å². The number of sulfonamides is 1. The molecule has 1 aliphatic carbocycles. The van der Waals surface area contributed by atoms with Gasteiger partial charge in [0.2, 0.25) is 0 Å². The van der Waals surface area contributed by atoms with Crippen LogP contribution in [-0.4, -0.2) is 44.0 Å². The van der Waals surface area contributed by atoms with Crippen molar-refractivity contribution >= 4 is 10.0 Å². The lowest BCUT2D eigenvalue weighted by Crippen LogP contribution is -2.31. The van der Waals surface area contributed by atoms with Gasteiger partial charge in [-0.15, -0.1) is 0 Å². The van der Waals surface area contributed by atoms with Crippen molar-refractivity contribution in [3.63, 3.8) is 0 Å². The Bertz CT molecular complexity index is 563. The first-order chi connectivity index (χ1) is 9.44. The zero-order chi connectivity index (χ0) is 14.8. The highest BCUT2D eigenvalue weighted by Crippen LogP contribution is 2.48. The van der Waals surface area contributed by atoms with Crippen molar-refractivity contribution in [3.8, 4) is 0 Å². The molecule has 1 heterocycles. The predicted octanol–water partition coefficient (Wildman–Crippen LogP) is 0.305. The van der Waals surface area contributed by atoms with E-state index in [2.05, 4.69) is 14.9 Å². The Morgan fingerprint density at radius 2 is 2.20 bits per heavy atom. The summed E-state index contributed by atoms with van der Waals surface area (Å²) in [7, 11) is -2.05. The van der Waals surface area contributed by atoms with Crippen LogP contribution in [0.2, 0.25) is 0 Å². The minimum absolute atomic E-state index is 0.0216. The number of nitrogens with zero attached hydrogens (tertiary/aromatic N) is 1. The Kier molecular flexibility index (Phi) is 4.48. The van der Waals surface area contributed by atoms with Gasteiger partial charge in [0.1, 0.15) is 0 Å². The van der Waals surface area contributed by atoms with Crippen LogP contribution in [0.1, 0.15) is 30.5 Å². The van der Waals surface area contributed by atoms with Crippen molar-refractivity contribution in [2.45, 2.75) is 37.8 Å². The van der Waals surface area contributed by atoms with Gasteiger partial charge in [0.25, 0.3) is 10.0 Å². The quantitative estimate of drug-likeness (QED) is 0.641. The van der Waals surface area contributed by atoms with E-state index < -0.39 is 10.0 Å². The van der Waals surface area contributed by atoms with E-state index in [0.29, 0.717) is 24.4 Å². The number of aliphatic hydroxyl groups is 1. The number of rotatable bonds is 8. The maximum atomic E-state index is 12.2. The molecule has 0 aliphatic heterocycles. The molecule has 0 saturated heterocycles. The normalized spacial score (nSPS) is 17.4. The number of aromatic amines is 1. The molecule has 1 aromatic heterocycles. The molecule has 7 nitrogen and oxygen atoms in total. The van der Waals surface area contributed by atoms with Crippen LogP contribution in [0.5, 0.6) is 0 Å². The number of hydrogen-bond donors (Lipinski definition) is 3. The van der Waals surface area contributed by atoms with E-state index in [1.807, 2.05) is 0 Å². The van der Waals surface area contributed by atoms with E-state index in [0.717, 1.165) is 19.3 Å². The average Bonchev–Trinajstić information content (AvgIpc) is 3.09. The molecule has 0 radical (unpaired) electrons. The maximum absolute atomic E-state index is 12.2. The second-order valence-corrected chi connectivity index (χ2v) is 7.04. The third kappa shape index (κ3) is 3.20. The first-order valence-electron chi connectivity index (χ1n) is 6.57. The van der Waals surface area contributed by atoms with Crippen LogP contribution in [0, 0.1) is 12.3 Å². The smallest absolute Gasteiger partial charge is 0.260 e. The van der Waals surface area contributed by atoms with Gasteiger partial charge in [-0.3, -0.25) is 5.10 Å². The van der Waals surface area contributed by atoms with Crippen molar-refractivity contribution in [2.24, 2.45) is 5.41 Å². The predicted molar refractivity (Wildman–Crippen MR) is 72.6 cm³/mol. The second-order valence-electron chi connectivity index (χ2n) is 5.36. The summed E-state index contributed by atoms with van der Waals surface area (Å²) in [6.45, 7) is 2.34. The lowest BCUT2D eigenvalue weighted by atomic mass is 10.0. The van der Waals surface area contributed by atoms with Gasteiger partial charge in [0, 0.05) is 31.5 Å². The first-order valence-corrected chi connectivity index (χ1v) is 8.06. The number of methoxy groups -OCH3 is 1. The lowest BCUT2D eigenvalue weighted by molar-refractivity contribution is 0.173. The Labute approximate surface area is 118 Å². The van der Waals surface area contributed by atoms with Gasteiger partial charge >= 0.3 is 0 Å². The van der Waals surface area contributed by atoms with Crippen molar-refractivity contribution < 1.29 is 18.3 Å². The van der Waals surface area contributed by atoms with Gasteiger partial charge in [-0.05, 0) is 31.6 Å². The molecule has 1 aromatic rings. The molecule has 1 saturated carbocycles. The average molecular weight is 303 g/mol. The molecule has 3 N–H and O–H groups in total. The summed E-state index contributed by atoms with van der Waals surface area (Å²) in [6.07, 6.45) is 2.86. The van der Waals surface area contributed by atoms with E-state index in [1.54, 1.807) is 14.0 Å². The number of aryl methyl sites for hydroxylation is 1. The molecule has 1 aliphatic rings. The number of aliphatic hydroxyl groups excluding tert-OH is 1. The molecule has 20 heavy (non-hydrogen) atoms. The molecule has 0 unspecified atom stereocenters. The van der Waals surface area contributed by atoms with Crippen LogP contribution in [0.3, 0.4) is 0 Å². The lowest BCUT2D eigenvalue weighted by Gasteiger charge is -2.15. The fraction of sp³-hybridized carbons (Fsp3) is 0.750. The Balaban J connectivity index is 2.04. The van der Waals surface area contributed by atoms with Crippen molar-refractivity contribution in [1.29, 1.82) is 0 Å². The molecule has 114 valence electrons. The largest absolute Gasteiger partial charge is 0.392 e. The number of hydrogen-bond acceptors (Lipinski definition) is 5. The van der Waals surface area contributed by atoms with E-state index in [-0.39, 0.29) is 17.0 Å². The third-order valence-electron chi connectivity index (χ3n) is 3.88. The summed E-state index contributed by atoms with van der Waals surface area (Å²) < 4.78 is 32.1. The van der Waals surface area contributed by atoms with Gasteiger partial charge in [0.05, 0.1) is 6.61 Å². The summed E-state index contributed by atoms with van der Waals surface area (Å²) in [5.74, 6) is 0. The molecule has 0 atom stereocenters. The van der Waals surface area contributed by atoms with Crippen LogP contribution < -0.4 is 4.72 Å². The highest BCUT2D eigenvalue weighted by Gasteiger charge is 2.43. The topological polar surface area (TPSA) is 104 Å². The van der Waals surface area contributed by atoms with Crippen LogP contribution in [0.25, 0.3) is 0 Å². The zero-order valence-electron chi connectivity index (χ0n) is 11.8. The third-order valence-corrected chi connectivity index (χ3v) is 5.25. The minimum Gasteiger partial charge on any atom is -0.392 e. The van der Waals surface area contributed by atoms with Crippen LogP contribution >= 0.6 is 0 Å². The Morgan fingerprint density at radius 3 is 2.75 bits per heavy atom. The molecule has 0 amide bonds. The van der Waals surface area contributed by atoms with E-state index in [4.69, 9.17) is 4.74 Å². The molecule has 0 aromatic carbocycles. The summed E-state index contributed by atoms with van der Waals surface area (Å²) in [5, 5.41) is 15.5. The van der Waals surface area contributed by atoms with Crippen LogP contribution in [-0.2, 0) is 21.4 Å². The van der Waals surface area contributed by atoms with Crippen molar-refractivity contribution in [2.75, 3.05) is 20.3 Å². The number of ether oxygens (including phenoxy) is 1. The monoisotopic (exact) mass is 303 g/mol. The minimum atomic E-state index is -3.69. The van der Waals surface area contributed by atoms with E-state index in [1.165, 1.54) is 0 Å². The van der Waals surface area contributed by atoms with Gasteiger partial charge in [-0.25, -0.2) is 13.1 Å². The van der Waals surface area contributed by atoms with Crippen LogP contribution in [0.15, 0.2) is 5.03 Å². The number of nitrogens with one attached hydrogen (secondary N) is 2. The summed E-state index contributed by atoms with van der Waals surface area (Å²) in [4.78, 5) is 0. The van der Waals surface area contributed by atoms with Crippen molar-refractivity contribution in [1.82, 2.24) is 14.9 Å². The molecular weight excluding hydrogens is 282 g/mol. The molecule has 2 rings (SSSR count). The summed E-state index contributed by atoms with van der Waals surface area (Å²) in [6, 6.07) is 0. The van der Waals surface area contributed by atoms with Gasteiger partial charge < -0.3 is 9.84 Å². The molecule has 0 spiro atoms. The second kappa shape index (κ2) is 5.80. The fourth-order valence-corrected chi connectivity index (χ4v) is 3.51. The molecular formula is C12H21N3O4S. The van der Waals surface area contributed by atoms with Crippen molar-refractivity contribution in [3.05, 3.63) is 11.3 Å². The SMILES string of the molecule is COCCC1(CNS(=O)(=O)c2n[nH]c(C)c2CO)CC1.